The number of aromatic nitrogens is 2. The maximum atomic E-state index is 13.3. The van der Waals surface area contributed by atoms with Crippen LogP contribution >= 0.6 is 0 Å². The number of hydrogen-bond donors (Lipinski definition) is 0. The Morgan fingerprint density at radius 2 is 2.11 bits per heavy atom. The Labute approximate surface area is 105 Å². The van der Waals surface area contributed by atoms with Crippen molar-refractivity contribution in [3.8, 4) is 0 Å². The second kappa shape index (κ2) is 4.26. The van der Waals surface area contributed by atoms with Gasteiger partial charge in [0.15, 0.2) is 0 Å². The van der Waals surface area contributed by atoms with Crippen LogP contribution in [0.25, 0.3) is 10.9 Å². The van der Waals surface area contributed by atoms with Gasteiger partial charge in [-0.15, -0.1) is 0 Å². The molecule has 0 unspecified atom stereocenters. The number of benzene rings is 1. The first kappa shape index (κ1) is 11.0. The second-order valence-corrected chi connectivity index (χ2v) is 4.41. The average molecular weight is 240 g/mol. The van der Waals surface area contributed by atoms with Crippen LogP contribution < -0.4 is 0 Å². The maximum absolute atomic E-state index is 13.3. The molecule has 3 rings (SSSR count). The van der Waals surface area contributed by atoms with Crippen molar-refractivity contribution in [2.24, 2.45) is 0 Å². The van der Waals surface area contributed by atoms with Gasteiger partial charge in [-0.05, 0) is 48.2 Å². The Balaban J connectivity index is 2.05. The van der Waals surface area contributed by atoms with E-state index in [1.807, 2.05) is 35.9 Å². The highest BCUT2D eigenvalue weighted by Gasteiger charge is 2.05. The van der Waals surface area contributed by atoms with Crippen LogP contribution in [0, 0.1) is 12.7 Å². The number of nitrogens with zero attached hydrogens (tertiary/aromatic N) is 2. The van der Waals surface area contributed by atoms with Crippen LogP contribution in [-0.2, 0) is 6.54 Å². The zero-order valence-corrected chi connectivity index (χ0v) is 10.1. The molecule has 0 bridgehead atoms. The zero-order chi connectivity index (χ0) is 12.5. The molecule has 3 aromatic rings. The van der Waals surface area contributed by atoms with Crippen LogP contribution in [0.4, 0.5) is 4.39 Å². The molecule has 0 aliphatic carbocycles. The highest BCUT2D eigenvalue weighted by molar-refractivity contribution is 5.80. The molecule has 0 aliphatic rings. The SMILES string of the molecule is Cc1cccnc1Cn1ccc2ccc(F)cc21. The molecule has 0 spiro atoms. The van der Waals surface area contributed by atoms with E-state index in [2.05, 4.69) is 4.98 Å². The highest BCUT2D eigenvalue weighted by atomic mass is 19.1. The van der Waals surface area contributed by atoms with Crippen LogP contribution in [0.3, 0.4) is 0 Å². The van der Waals surface area contributed by atoms with E-state index in [1.54, 1.807) is 18.3 Å². The molecule has 90 valence electrons. The third kappa shape index (κ3) is 1.88. The van der Waals surface area contributed by atoms with E-state index in [-0.39, 0.29) is 5.82 Å². The molecule has 2 nitrogen and oxygen atoms in total. The molecule has 0 saturated heterocycles. The minimum Gasteiger partial charge on any atom is -0.341 e. The lowest BCUT2D eigenvalue weighted by Gasteiger charge is -2.07. The first-order chi connectivity index (χ1) is 8.74. The Hall–Kier alpha value is -2.16. The standard InChI is InChI=1S/C15H13FN2/c1-11-3-2-7-17-14(11)10-18-8-6-12-4-5-13(16)9-15(12)18/h2-9H,10H2,1H3. The fourth-order valence-corrected chi connectivity index (χ4v) is 2.14. The van der Waals surface area contributed by atoms with E-state index in [4.69, 9.17) is 0 Å². The van der Waals surface area contributed by atoms with Crippen molar-refractivity contribution in [3.05, 3.63) is 65.9 Å². The zero-order valence-electron chi connectivity index (χ0n) is 10.1. The fourth-order valence-electron chi connectivity index (χ4n) is 2.14. The predicted octanol–water partition coefficient (Wildman–Crippen LogP) is 3.53. The van der Waals surface area contributed by atoms with Crippen molar-refractivity contribution < 1.29 is 4.39 Å². The van der Waals surface area contributed by atoms with Crippen molar-refractivity contribution in [1.29, 1.82) is 0 Å². The summed E-state index contributed by atoms with van der Waals surface area (Å²) in [5.41, 5.74) is 3.06. The summed E-state index contributed by atoms with van der Waals surface area (Å²) in [5.74, 6) is -0.208. The van der Waals surface area contributed by atoms with Crippen molar-refractivity contribution >= 4 is 10.9 Å². The van der Waals surface area contributed by atoms with Gasteiger partial charge in [0.25, 0.3) is 0 Å². The van der Waals surface area contributed by atoms with Crippen molar-refractivity contribution in [1.82, 2.24) is 9.55 Å². The minimum absolute atomic E-state index is 0.208. The van der Waals surface area contributed by atoms with Gasteiger partial charge in [-0.1, -0.05) is 6.07 Å². The predicted molar refractivity (Wildman–Crippen MR) is 70.0 cm³/mol. The van der Waals surface area contributed by atoms with Crippen molar-refractivity contribution in [3.63, 3.8) is 0 Å². The lowest BCUT2D eigenvalue weighted by Crippen LogP contribution is -2.02. The third-order valence-electron chi connectivity index (χ3n) is 3.17. The van der Waals surface area contributed by atoms with Crippen molar-refractivity contribution in [2.45, 2.75) is 13.5 Å². The second-order valence-electron chi connectivity index (χ2n) is 4.41. The molecule has 0 N–H and O–H groups in total. The van der Waals surface area contributed by atoms with Gasteiger partial charge in [-0.3, -0.25) is 4.98 Å². The first-order valence-corrected chi connectivity index (χ1v) is 5.89. The quantitative estimate of drug-likeness (QED) is 0.670. The average Bonchev–Trinajstić information content (AvgIpc) is 2.75. The van der Waals surface area contributed by atoms with Gasteiger partial charge in [0.05, 0.1) is 17.8 Å². The van der Waals surface area contributed by atoms with Gasteiger partial charge in [-0.2, -0.15) is 0 Å². The van der Waals surface area contributed by atoms with E-state index in [0.29, 0.717) is 6.54 Å². The summed E-state index contributed by atoms with van der Waals surface area (Å²) in [7, 11) is 0. The fraction of sp³-hybridized carbons (Fsp3) is 0.133. The summed E-state index contributed by atoms with van der Waals surface area (Å²) < 4.78 is 15.3. The van der Waals surface area contributed by atoms with Crippen LogP contribution in [0.1, 0.15) is 11.3 Å². The molecule has 18 heavy (non-hydrogen) atoms. The van der Waals surface area contributed by atoms with Gasteiger partial charge in [0.1, 0.15) is 5.82 Å². The number of halogens is 1. The first-order valence-electron chi connectivity index (χ1n) is 5.89. The number of aryl methyl sites for hydroxylation is 1. The van der Waals surface area contributed by atoms with Gasteiger partial charge in [-0.25, -0.2) is 4.39 Å². The number of fused-ring (bicyclic) bond motifs is 1. The third-order valence-corrected chi connectivity index (χ3v) is 3.17. The largest absolute Gasteiger partial charge is 0.341 e. The van der Waals surface area contributed by atoms with Crippen LogP contribution in [-0.4, -0.2) is 9.55 Å². The number of hydrogen-bond acceptors (Lipinski definition) is 1. The van der Waals surface area contributed by atoms with Gasteiger partial charge in [0.2, 0.25) is 0 Å². The molecule has 0 amide bonds. The smallest absolute Gasteiger partial charge is 0.125 e. The summed E-state index contributed by atoms with van der Waals surface area (Å²) >= 11 is 0. The Morgan fingerprint density at radius 3 is 2.94 bits per heavy atom. The Bertz CT molecular complexity index is 701. The van der Waals surface area contributed by atoms with Crippen molar-refractivity contribution in [2.75, 3.05) is 0 Å². The highest BCUT2D eigenvalue weighted by Crippen LogP contribution is 2.18. The maximum Gasteiger partial charge on any atom is 0.125 e. The summed E-state index contributed by atoms with van der Waals surface area (Å²) in [5, 5.41) is 1.05. The molecule has 2 heterocycles. The lowest BCUT2D eigenvalue weighted by molar-refractivity contribution is 0.628. The topological polar surface area (TPSA) is 17.8 Å². The molecular weight excluding hydrogens is 227 g/mol. The Kier molecular flexibility index (Phi) is 2.59. The minimum atomic E-state index is -0.208. The van der Waals surface area contributed by atoms with Gasteiger partial charge in [0, 0.05) is 12.4 Å². The molecule has 0 aliphatic heterocycles. The molecule has 0 atom stereocenters. The van der Waals surface area contributed by atoms with Crippen LogP contribution in [0.5, 0.6) is 0 Å². The monoisotopic (exact) mass is 240 g/mol. The summed E-state index contributed by atoms with van der Waals surface area (Å²) in [6.45, 7) is 2.70. The van der Waals surface area contributed by atoms with Crippen LogP contribution in [0.2, 0.25) is 0 Å². The van der Waals surface area contributed by atoms with Gasteiger partial charge >= 0.3 is 0 Å². The normalized spacial score (nSPS) is 11.0. The Morgan fingerprint density at radius 1 is 1.22 bits per heavy atom. The molecular formula is C15H13FN2. The molecule has 2 aromatic heterocycles. The lowest BCUT2D eigenvalue weighted by atomic mass is 10.2. The summed E-state index contributed by atoms with van der Waals surface area (Å²) in [4.78, 5) is 4.37. The van der Waals surface area contributed by atoms with Crippen LogP contribution in [0.15, 0.2) is 48.8 Å². The molecule has 0 saturated carbocycles. The molecule has 0 radical (unpaired) electrons. The van der Waals surface area contributed by atoms with E-state index in [9.17, 15) is 4.39 Å². The molecule has 3 heteroatoms. The molecule has 1 aromatic carbocycles. The van der Waals surface area contributed by atoms with E-state index in [0.717, 1.165) is 22.2 Å². The molecule has 0 fully saturated rings. The van der Waals surface area contributed by atoms with E-state index >= 15 is 0 Å². The van der Waals surface area contributed by atoms with E-state index in [1.165, 1.54) is 6.07 Å². The summed E-state index contributed by atoms with van der Waals surface area (Å²) in [6, 6.07) is 10.8. The van der Waals surface area contributed by atoms with Gasteiger partial charge < -0.3 is 4.57 Å². The summed E-state index contributed by atoms with van der Waals surface area (Å²) in [6.07, 6.45) is 3.76. The van der Waals surface area contributed by atoms with E-state index < -0.39 is 0 Å². The number of rotatable bonds is 2. The number of pyridine rings is 1.